The molecule has 0 spiro atoms. The van der Waals surface area contributed by atoms with E-state index in [2.05, 4.69) is 106 Å². The van der Waals surface area contributed by atoms with Gasteiger partial charge in [-0.15, -0.1) is 0 Å². The lowest BCUT2D eigenvalue weighted by Crippen LogP contribution is -2.30. The Labute approximate surface area is 426 Å². The summed E-state index contributed by atoms with van der Waals surface area (Å²) in [6.07, 6.45) is 74.3. The van der Waals surface area contributed by atoms with E-state index < -0.39 is 6.10 Å². The van der Waals surface area contributed by atoms with Crippen molar-refractivity contribution >= 4 is 17.9 Å². The second kappa shape index (κ2) is 57.2. The highest BCUT2D eigenvalue weighted by Gasteiger charge is 2.19. The van der Waals surface area contributed by atoms with Gasteiger partial charge in [0, 0.05) is 19.3 Å². The van der Waals surface area contributed by atoms with Gasteiger partial charge in [0.05, 0.1) is 0 Å². The molecule has 0 radical (unpaired) electrons. The minimum Gasteiger partial charge on any atom is -0.462 e. The summed E-state index contributed by atoms with van der Waals surface area (Å²) in [5.74, 6) is -0.913. The van der Waals surface area contributed by atoms with Crippen LogP contribution in [0.5, 0.6) is 0 Å². The SMILES string of the molecule is CC/C=C\C/C=C\C/C=C\C/C=C\CCCCCCC(=O)OCC(COC(=O)CCCCCCCCCCCCCCCCCCC)OC(=O)CCCCCCCCC/C=C\C/C=C\C/C=C\CC. The Morgan fingerprint density at radius 3 is 0.884 bits per heavy atom. The van der Waals surface area contributed by atoms with Crippen molar-refractivity contribution in [2.45, 2.75) is 284 Å². The maximum absolute atomic E-state index is 12.9. The van der Waals surface area contributed by atoms with Crippen LogP contribution in [0.1, 0.15) is 278 Å². The van der Waals surface area contributed by atoms with Gasteiger partial charge in [-0.2, -0.15) is 0 Å². The van der Waals surface area contributed by atoms with Gasteiger partial charge >= 0.3 is 17.9 Å². The van der Waals surface area contributed by atoms with Crippen LogP contribution >= 0.6 is 0 Å². The topological polar surface area (TPSA) is 78.9 Å². The van der Waals surface area contributed by atoms with Gasteiger partial charge in [0.15, 0.2) is 6.10 Å². The summed E-state index contributed by atoms with van der Waals surface area (Å²) < 4.78 is 16.9. The number of allylic oxidation sites excluding steroid dienone is 14. The highest BCUT2D eigenvalue weighted by atomic mass is 16.6. The molecule has 6 heteroatoms. The molecule has 0 rings (SSSR count). The van der Waals surface area contributed by atoms with E-state index in [1.165, 1.54) is 116 Å². The van der Waals surface area contributed by atoms with Crippen molar-refractivity contribution < 1.29 is 28.6 Å². The first kappa shape index (κ1) is 65.6. The Hall–Kier alpha value is -3.41. The number of carbonyl (C=O) groups excluding carboxylic acids is 3. The monoisotopic (exact) mass is 961 g/mol. The molecule has 0 heterocycles. The number of ether oxygens (including phenoxy) is 3. The van der Waals surface area contributed by atoms with Crippen LogP contribution in [0.3, 0.4) is 0 Å². The molecule has 69 heavy (non-hydrogen) atoms. The molecular formula is C63H108O6. The second-order valence-corrected chi connectivity index (χ2v) is 19.1. The molecule has 0 N–H and O–H groups in total. The standard InChI is InChI=1S/C63H108O6/c1-4-7-10-13-16-19-22-25-28-31-34-37-40-43-46-49-52-55-61(64)67-58-60(69-63(66)57-54-51-48-45-42-39-36-33-30-27-24-21-18-15-12-9-6-3)59-68-62(65)56-53-50-47-44-41-38-35-32-29-26-23-20-17-14-11-8-5-2/h7,9-10,12,16,18-19,21,25,27-28,30,34,37,60H,4-6,8,11,13-15,17,20,22-24,26,29,31-33,35-36,38-59H2,1-3H3/b10-7-,12-9-,19-16-,21-18-,28-25-,30-27-,37-34-. The second-order valence-electron chi connectivity index (χ2n) is 19.1. The van der Waals surface area contributed by atoms with Gasteiger partial charge in [0.25, 0.3) is 0 Å². The molecule has 0 saturated carbocycles. The molecule has 0 amide bonds. The van der Waals surface area contributed by atoms with Gasteiger partial charge < -0.3 is 14.2 Å². The quantitative estimate of drug-likeness (QED) is 0.0262. The number of hydrogen-bond donors (Lipinski definition) is 0. The molecule has 0 aliphatic carbocycles. The molecule has 0 bridgehead atoms. The third kappa shape index (κ3) is 55.4. The Balaban J connectivity index is 4.43. The normalized spacial score (nSPS) is 12.7. The van der Waals surface area contributed by atoms with Crippen LogP contribution in [0.25, 0.3) is 0 Å². The van der Waals surface area contributed by atoms with Crippen molar-refractivity contribution in [2.24, 2.45) is 0 Å². The van der Waals surface area contributed by atoms with Crippen molar-refractivity contribution in [3.8, 4) is 0 Å². The van der Waals surface area contributed by atoms with Crippen molar-refractivity contribution in [2.75, 3.05) is 13.2 Å². The third-order valence-corrected chi connectivity index (χ3v) is 12.4. The minimum atomic E-state index is -0.792. The number of unbranched alkanes of at least 4 members (excludes halogenated alkanes) is 27. The van der Waals surface area contributed by atoms with Crippen molar-refractivity contribution in [1.29, 1.82) is 0 Å². The van der Waals surface area contributed by atoms with E-state index in [1.54, 1.807) is 0 Å². The number of rotatable bonds is 52. The molecular weight excluding hydrogens is 853 g/mol. The van der Waals surface area contributed by atoms with Crippen LogP contribution in [0.4, 0.5) is 0 Å². The third-order valence-electron chi connectivity index (χ3n) is 12.4. The van der Waals surface area contributed by atoms with E-state index in [9.17, 15) is 14.4 Å². The average molecular weight is 962 g/mol. The molecule has 0 aliphatic rings. The summed E-state index contributed by atoms with van der Waals surface area (Å²) in [6, 6.07) is 0. The molecule has 0 aromatic heterocycles. The molecule has 0 aromatic rings. The molecule has 0 saturated heterocycles. The summed E-state index contributed by atoms with van der Waals surface area (Å²) in [5.41, 5.74) is 0. The van der Waals surface area contributed by atoms with Crippen molar-refractivity contribution in [3.05, 3.63) is 85.1 Å². The number of carbonyl (C=O) groups is 3. The Bertz CT molecular complexity index is 1330. The van der Waals surface area contributed by atoms with Crippen LogP contribution < -0.4 is 0 Å². The van der Waals surface area contributed by atoms with Gasteiger partial charge in [-0.3, -0.25) is 14.4 Å². The van der Waals surface area contributed by atoms with Crippen LogP contribution in [0, 0.1) is 0 Å². The zero-order valence-electron chi connectivity index (χ0n) is 45.3. The summed E-state index contributed by atoms with van der Waals surface area (Å²) in [6.45, 7) is 6.41. The van der Waals surface area contributed by atoms with E-state index in [4.69, 9.17) is 14.2 Å². The fraction of sp³-hybridized carbons (Fsp3) is 0.730. The first-order chi connectivity index (χ1) is 34.0. The van der Waals surface area contributed by atoms with Crippen LogP contribution in [0.2, 0.25) is 0 Å². The van der Waals surface area contributed by atoms with E-state index in [1.807, 2.05) is 0 Å². The van der Waals surface area contributed by atoms with E-state index in [0.29, 0.717) is 19.3 Å². The fourth-order valence-electron chi connectivity index (χ4n) is 8.10. The molecule has 0 aliphatic heterocycles. The van der Waals surface area contributed by atoms with Crippen molar-refractivity contribution in [3.63, 3.8) is 0 Å². The van der Waals surface area contributed by atoms with Gasteiger partial charge in [-0.05, 0) is 89.9 Å². The first-order valence-electron chi connectivity index (χ1n) is 29.1. The predicted molar refractivity (Wildman–Crippen MR) is 297 cm³/mol. The molecule has 396 valence electrons. The van der Waals surface area contributed by atoms with Crippen LogP contribution in [0.15, 0.2) is 85.1 Å². The summed E-state index contributed by atoms with van der Waals surface area (Å²) in [4.78, 5) is 38.2. The minimum absolute atomic E-state index is 0.0867. The molecule has 0 aromatic carbocycles. The summed E-state index contributed by atoms with van der Waals surface area (Å²) in [7, 11) is 0. The Morgan fingerprint density at radius 2 is 0.565 bits per heavy atom. The lowest BCUT2D eigenvalue weighted by molar-refractivity contribution is -0.167. The van der Waals surface area contributed by atoms with Gasteiger partial charge in [0.1, 0.15) is 13.2 Å². The largest absolute Gasteiger partial charge is 0.462 e. The van der Waals surface area contributed by atoms with Gasteiger partial charge in [0.2, 0.25) is 0 Å². The van der Waals surface area contributed by atoms with Crippen LogP contribution in [-0.4, -0.2) is 37.2 Å². The highest BCUT2D eigenvalue weighted by Crippen LogP contribution is 2.16. The zero-order valence-corrected chi connectivity index (χ0v) is 45.3. The van der Waals surface area contributed by atoms with Gasteiger partial charge in [-0.25, -0.2) is 0 Å². The highest BCUT2D eigenvalue weighted by molar-refractivity contribution is 5.71. The summed E-state index contributed by atoms with van der Waals surface area (Å²) in [5, 5.41) is 0. The predicted octanol–water partition coefficient (Wildman–Crippen LogP) is 19.5. The van der Waals surface area contributed by atoms with E-state index >= 15 is 0 Å². The van der Waals surface area contributed by atoms with Crippen LogP contribution in [-0.2, 0) is 28.6 Å². The first-order valence-corrected chi connectivity index (χ1v) is 29.1. The summed E-state index contributed by atoms with van der Waals surface area (Å²) >= 11 is 0. The molecule has 6 nitrogen and oxygen atoms in total. The lowest BCUT2D eigenvalue weighted by atomic mass is 10.0. The lowest BCUT2D eigenvalue weighted by Gasteiger charge is -2.18. The van der Waals surface area contributed by atoms with E-state index in [0.717, 1.165) is 122 Å². The molecule has 1 unspecified atom stereocenters. The zero-order chi connectivity index (χ0) is 50.0. The van der Waals surface area contributed by atoms with Gasteiger partial charge in [-0.1, -0.05) is 254 Å². The number of esters is 3. The molecule has 1 atom stereocenters. The fourth-order valence-corrected chi connectivity index (χ4v) is 8.10. The maximum Gasteiger partial charge on any atom is 0.306 e. The van der Waals surface area contributed by atoms with Crippen molar-refractivity contribution in [1.82, 2.24) is 0 Å². The number of hydrogen-bond acceptors (Lipinski definition) is 6. The Kier molecular flexibility index (Phi) is 54.3. The smallest absolute Gasteiger partial charge is 0.306 e. The maximum atomic E-state index is 12.9. The van der Waals surface area contributed by atoms with E-state index in [-0.39, 0.29) is 31.1 Å². The molecule has 0 fully saturated rings. The average Bonchev–Trinajstić information content (AvgIpc) is 3.35. The Morgan fingerprint density at radius 1 is 0.304 bits per heavy atom.